The minimum atomic E-state index is 0. The summed E-state index contributed by atoms with van der Waals surface area (Å²) in [5.74, 6) is 0. The lowest BCUT2D eigenvalue weighted by Gasteiger charge is -2.25. The van der Waals surface area contributed by atoms with E-state index in [0.29, 0.717) is 0 Å². The largest absolute Gasteiger partial charge is 0.324 e. The zero-order valence-electron chi connectivity index (χ0n) is 7.40. The van der Waals surface area contributed by atoms with Gasteiger partial charge in [-0.25, -0.2) is 0 Å². The predicted octanol–water partition coefficient (Wildman–Crippen LogP) is 3.26. The van der Waals surface area contributed by atoms with Gasteiger partial charge in [0.25, 0.3) is 0 Å². The smallest absolute Gasteiger partial charge is 0.0252 e. The molecule has 11 heavy (non-hydrogen) atoms. The normalized spacial score (nSPS) is 10.9. The lowest BCUT2D eigenvalue weighted by Crippen LogP contribution is -2.41. The van der Waals surface area contributed by atoms with Crippen molar-refractivity contribution < 1.29 is 0 Å². The van der Waals surface area contributed by atoms with Crippen LogP contribution in [0.25, 0.3) is 0 Å². The molecule has 0 aromatic carbocycles. The Morgan fingerprint density at radius 3 is 1.73 bits per heavy atom. The Hall–Kier alpha value is 0.920. The van der Waals surface area contributed by atoms with Gasteiger partial charge in [-0.15, -0.1) is 17.0 Å². The highest BCUT2D eigenvalue weighted by atomic mass is 79.9. The number of rotatable bonds is 5. The highest BCUT2D eigenvalue weighted by Gasteiger charge is 2.20. The van der Waals surface area contributed by atoms with Gasteiger partial charge in [0.05, 0.1) is 0 Å². The molecule has 0 saturated carbocycles. The van der Waals surface area contributed by atoms with Crippen LogP contribution in [-0.2, 0) is 0 Å². The molecule has 0 saturated heterocycles. The Bertz CT molecular complexity index is 80.2. The molecule has 0 heterocycles. The fourth-order valence-electron chi connectivity index (χ4n) is 1.25. The van der Waals surface area contributed by atoms with Crippen LogP contribution in [0.1, 0.15) is 39.5 Å². The molecule has 0 rings (SSSR count). The van der Waals surface area contributed by atoms with Gasteiger partial charge in [-0.05, 0) is 12.8 Å². The van der Waals surface area contributed by atoms with E-state index in [-0.39, 0.29) is 22.5 Å². The monoisotopic (exact) mass is 287 g/mol. The molecule has 3 heteroatoms. The molecule has 70 valence electrons. The van der Waals surface area contributed by atoms with Gasteiger partial charge in [-0.3, -0.25) is 0 Å². The van der Waals surface area contributed by atoms with E-state index in [1.54, 1.807) is 0 Å². The quantitative estimate of drug-likeness (QED) is 0.772. The molecule has 0 fully saturated rings. The Morgan fingerprint density at radius 2 is 1.55 bits per heavy atom. The van der Waals surface area contributed by atoms with Crippen molar-refractivity contribution in [2.45, 2.75) is 45.1 Å². The van der Waals surface area contributed by atoms with Crippen LogP contribution < -0.4 is 5.73 Å². The third-order valence-corrected chi connectivity index (χ3v) is 2.88. The average Bonchev–Trinajstić information content (AvgIpc) is 1.89. The summed E-state index contributed by atoms with van der Waals surface area (Å²) >= 11 is 3.45. The van der Waals surface area contributed by atoms with Crippen molar-refractivity contribution in [2.24, 2.45) is 5.73 Å². The van der Waals surface area contributed by atoms with E-state index >= 15 is 0 Å². The van der Waals surface area contributed by atoms with E-state index in [0.717, 1.165) is 18.2 Å². The molecule has 0 aliphatic carbocycles. The number of nitrogens with two attached hydrogens (primary N) is 1. The van der Waals surface area contributed by atoms with Crippen LogP contribution in [0.5, 0.6) is 0 Å². The summed E-state index contributed by atoms with van der Waals surface area (Å²) < 4.78 is 0. The molecule has 0 unspecified atom stereocenters. The van der Waals surface area contributed by atoms with Gasteiger partial charge in [-0.1, -0.05) is 42.6 Å². The standard InChI is InChI=1S/C8H18BrN.BrH/c1-3-5-8(10,7-9)6-4-2;/h3-7,10H2,1-2H3;1H. The van der Waals surface area contributed by atoms with Crippen LogP contribution in [0.15, 0.2) is 0 Å². The molecule has 0 aromatic rings. The van der Waals surface area contributed by atoms with E-state index in [1.165, 1.54) is 12.8 Å². The Balaban J connectivity index is 0. The van der Waals surface area contributed by atoms with Crippen LogP contribution >= 0.6 is 32.9 Å². The second-order valence-electron chi connectivity index (χ2n) is 3.00. The van der Waals surface area contributed by atoms with Crippen LogP contribution in [0, 0.1) is 0 Å². The molecular weight excluding hydrogens is 270 g/mol. The highest BCUT2D eigenvalue weighted by molar-refractivity contribution is 9.09. The number of halogens is 2. The van der Waals surface area contributed by atoms with Crippen molar-refractivity contribution in [3.8, 4) is 0 Å². The van der Waals surface area contributed by atoms with Crippen LogP contribution in [0.4, 0.5) is 0 Å². The van der Waals surface area contributed by atoms with Gasteiger partial charge in [0.1, 0.15) is 0 Å². The van der Waals surface area contributed by atoms with Gasteiger partial charge in [0.2, 0.25) is 0 Å². The molecule has 1 nitrogen and oxygen atoms in total. The third-order valence-electron chi connectivity index (χ3n) is 1.76. The van der Waals surface area contributed by atoms with Gasteiger partial charge in [0.15, 0.2) is 0 Å². The van der Waals surface area contributed by atoms with Crippen LogP contribution in [-0.4, -0.2) is 10.9 Å². The molecule has 0 atom stereocenters. The Labute approximate surface area is 89.0 Å². The lowest BCUT2D eigenvalue weighted by atomic mass is 9.92. The van der Waals surface area contributed by atoms with Gasteiger partial charge in [0, 0.05) is 10.9 Å². The molecule has 0 bridgehead atoms. The van der Waals surface area contributed by atoms with Crippen LogP contribution in [0.3, 0.4) is 0 Å². The topological polar surface area (TPSA) is 26.0 Å². The predicted molar refractivity (Wildman–Crippen MR) is 60.9 cm³/mol. The molecular formula is C8H19Br2N. The summed E-state index contributed by atoms with van der Waals surface area (Å²) in [4.78, 5) is 0. The third kappa shape index (κ3) is 6.12. The first kappa shape index (κ1) is 14.4. The van der Waals surface area contributed by atoms with Crippen molar-refractivity contribution in [3.63, 3.8) is 0 Å². The molecule has 0 amide bonds. The fourth-order valence-corrected chi connectivity index (χ4v) is 1.82. The van der Waals surface area contributed by atoms with Crippen molar-refractivity contribution in [1.82, 2.24) is 0 Å². The summed E-state index contributed by atoms with van der Waals surface area (Å²) in [6.07, 6.45) is 4.63. The first-order valence-electron chi connectivity index (χ1n) is 4.03. The molecule has 0 aliphatic heterocycles. The van der Waals surface area contributed by atoms with E-state index in [1.807, 2.05) is 0 Å². The fraction of sp³-hybridized carbons (Fsp3) is 1.00. The molecule has 0 aromatic heterocycles. The van der Waals surface area contributed by atoms with Gasteiger partial charge < -0.3 is 5.73 Å². The minimum absolute atomic E-state index is 0. The van der Waals surface area contributed by atoms with Crippen molar-refractivity contribution in [2.75, 3.05) is 5.33 Å². The van der Waals surface area contributed by atoms with E-state index < -0.39 is 0 Å². The summed E-state index contributed by atoms with van der Waals surface area (Å²) in [7, 11) is 0. The second-order valence-corrected chi connectivity index (χ2v) is 3.56. The SMILES string of the molecule is Br.CCCC(N)(CBr)CCC. The van der Waals surface area contributed by atoms with Gasteiger partial charge >= 0.3 is 0 Å². The second kappa shape index (κ2) is 7.56. The summed E-state index contributed by atoms with van der Waals surface area (Å²) in [5.41, 5.74) is 6.13. The maximum atomic E-state index is 6.07. The number of hydrogen-bond donors (Lipinski definition) is 1. The first-order valence-corrected chi connectivity index (χ1v) is 5.15. The lowest BCUT2D eigenvalue weighted by molar-refractivity contribution is 0.403. The van der Waals surface area contributed by atoms with E-state index in [4.69, 9.17) is 5.73 Å². The number of hydrogen-bond acceptors (Lipinski definition) is 1. The first-order chi connectivity index (χ1) is 4.68. The van der Waals surface area contributed by atoms with Crippen molar-refractivity contribution >= 4 is 32.9 Å². The van der Waals surface area contributed by atoms with E-state index in [2.05, 4.69) is 29.8 Å². The zero-order valence-corrected chi connectivity index (χ0v) is 10.7. The molecule has 2 N–H and O–H groups in total. The number of alkyl halides is 1. The maximum Gasteiger partial charge on any atom is 0.0252 e. The maximum absolute atomic E-state index is 6.07. The highest BCUT2D eigenvalue weighted by Crippen LogP contribution is 2.18. The van der Waals surface area contributed by atoms with Gasteiger partial charge in [-0.2, -0.15) is 0 Å². The average molecular weight is 289 g/mol. The zero-order chi connectivity index (χ0) is 8.04. The van der Waals surface area contributed by atoms with E-state index in [9.17, 15) is 0 Å². The summed E-state index contributed by atoms with van der Waals surface area (Å²) in [5, 5.41) is 0.932. The Morgan fingerprint density at radius 1 is 1.18 bits per heavy atom. The molecule has 0 spiro atoms. The van der Waals surface area contributed by atoms with Crippen LogP contribution in [0.2, 0.25) is 0 Å². The Kier molecular flexibility index (Phi) is 9.93. The minimum Gasteiger partial charge on any atom is -0.324 e. The molecule has 0 aliphatic rings. The summed E-state index contributed by atoms with van der Waals surface area (Å²) in [6.45, 7) is 4.36. The van der Waals surface area contributed by atoms with Crippen molar-refractivity contribution in [3.05, 3.63) is 0 Å². The summed E-state index contributed by atoms with van der Waals surface area (Å²) in [6, 6.07) is 0. The van der Waals surface area contributed by atoms with Crippen molar-refractivity contribution in [1.29, 1.82) is 0 Å². The molecule has 0 radical (unpaired) electrons.